The molecule has 0 bridgehead atoms. The van der Waals surface area contributed by atoms with Gasteiger partial charge in [0, 0.05) is 31.2 Å². The van der Waals surface area contributed by atoms with Crippen molar-refractivity contribution in [2.45, 2.75) is 25.8 Å². The van der Waals surface area contributed by atoms with Gasteiger partial charge in [-0.05, 0) is 18.4 Å². The van der Waals surface area contributed by atoms with Crippen LogP contribution in [0.5, 0.6) is 11.5 Å². The van der Waals surface area contributed by atoms with Gasteiger partial charge >= 0.3 is 0 Å². The molecule has 1 aromatic rings. The number of para-hydroxylation sites is 1. The second kappa shape index (κ2) is 6.83. The lowest BCUT2D eigenvalue weighted by atomic mass is 10.0. The Balaban J connectivity index is 1.67. The second-order valence-corrected chi connectivity index (χ2v) is 7.23. The molecule has 0 radical (unpaired) electrons. The van der Waals surface area contributed by atoms with Crippen LogP contribution in [0.4, 0.5) is 0 Å². The van der Waals surface area contributed by atoms with E-state index in [2.05, 4.69) is 0 Å². The highest BCUT2D eigenvalue weighted by molar-refractivity contribution is 8.13. The van der Waals surface area contributed by atoms with Crippen molar-refractivity contribution in [3.63, 3.8) is 0 Å². The standard InChI is InChI=1S/C17H21NO4S/c1-11(19)23-10-12-6-16(20)18(8-12)14-7-13-4-3-5-15(21-2)17(13)22-9-14/h3-5,12,14H,6-10H2,1-2H3. The first-order chi connectivity index (χ1) is 11.1. The van der Waals surface area contributed by atoms with Gasteiger partial charge < -0.3 is 14.4 Å². The van der Waals surface area contributed by atoms with Crippen LogP contribution in [0, 0.1) is 5.92 Å². The number of hydrogen-bond acceptors (Lipinski definition) is 5. The van der Waals surface area contributed by atoms with Crippen LogP contribution < -0.4 is 9.47 Å². The molecule has 124 valence electrons. The molecule has 0 aliphatic carbocycles. The van der Waals surface area contributed by atoms with E-state index >= 15 is 0 Å². The van der Waals surface area contributed by atoms with Gasteiger partial charge in [0.05, 0.1) is 13.2 Å². The normalized spacial score (nSPS) is 23.4. The molecule has 2 unspecified atom stereocenters. The fraction of sp³-hybridized carbons (Fsp3) is 0.529. The van der Waals surface area contributed by atoms with Gasteiger partial charge in [0.2, 0.25) is 5.91 Å². The first-order valence-corrected chi connectivity index (χ1v) is 8.78. The van der Waals surface area contributed by atoms with E-state index in [1.165, 1.54) is 11.8 Å². The number of methoxy groups -OCH3 is 1. The summed E-state index contributed by atoms with van der Waals surface area (Å²) in [5.74, 6) is 2.67. The minimum absolute atomic E-state index is 0.0643. The smallest absolute Gasteiger partial charge is 0.223 e. The van der Waals surface area contributed by atoms with Crippen molar-refractivity contribution in [2.24, 2.45) is 5.92 Å². The highest BCUT2D eigenvalue weighted by Crippen LogP contribution is 2.36. The van der Waals surface area contributed by atoms with E-state index in [1.807, 2.05) is 23.1 Å². The van der Waals surface area contributed by atoms with Crippen molar-refractivity contribution >= 4 is 22.8 Å². The summed E-state index contributed by atoms with van der Waals surface area (Å²) in [5.41, 5.74) is 1.08. The van der Waals surface area contributed by atoms with Crippen molar-refractivity contribution < 1.29 is 19.1 Å². The van der Waals surface area contributed by atoms with Crippen LogP contribution in [-0.4, -0.2) is 48.0 Å². The molecule has 0 N–H and O–H groups in total. The van der Waals surface area contributed by atoms with Gasteiger partial charge in [-0.25, -0.2) is 0 Å². The third-order valence-electron chi connectivity index (χ3n) is 4.36. The predicted octanol–water partition coefficient (Wildman–Crippen LogP) is 2.13. The number of hydrogen-bond donors (Lipinski definition) is 0. The SMILES string of the molecule is COc1cccc2c1OCC(N1CC(CSC(C)=O)CC1=O)C2. The van der Waals surface area contributed by atoms with Crippen LogP contribution in [0.2, 0.25) is 0 Å². The Morgan fingerprint density at radius 2 is 2.26 bits per heavy atom. The highest BCUT2D eigenvalue weighted by atomic mass is 32.2. The predicted molar refractivity (Wildman–Crippen MR) is 88.9 cm³/mol. The lowest BCUT2D eigenvalue weighted by molar-refractivity contribution is -0.130. The number of nitrogens with zero attached hydrogens (tertiary/aromatic N) is 1. The zero-order valence-electron chi connectivity index (χ0n) is 13.4. The molecule has 1 amide bonds. The molecule has 2 atom stereocenters. The number of carbonyl (C=O) groups excluding carboxylic acids is 2. The van der Waals surface area contributed by atoms with E-state index in [9.17, 15) is 9.59 Å². The van der Waals surface area contributed by atoms with Crippen molar-refractivity contribution in [3.05, 3.63) is 23.8 Å². The Morgan fingerprint density at radius 1 is 1.43 bits per heavy atom. The number of carbonyl (C=O) groups is 2. The molecule has 3 rings (SSSR count). The van der Waals surface area contributed by atoms with Crippen LogP contribution in [0.3, 0.4) is 0 Å². The van der Waals surface area contributed by atoms with Gasteiger partial charge in [-0.3, -0.25) is 9.59 Å². The molecular weight excluding hydrogens is 314 g/mol. The van der Waals surface area contributed by atoms with Crippen LogP contribution in [-0.2, 0) is 16.0 Å². The average Bonchev–Trinajstić information content (AvgIpc) is 2.92. The van der Waals surface area contributed by atoms with E-state index in [0.29, 0.717) is 19.6 Å². The molecular formula is C17H21NO4S. The monoisotopic (exact) mass is 335 g/mol. The van der Waals surface area contributed by atoms with Gasteiger partial charge in [-0.15, -0.1) is 0 Å². The molecule has 1 aromatic carbocycles. The summed E-state index contributed by atoms with van der Waals surface area (Å²) in [6.07, 6.45) is 1.31. The first kappa shape index (κ1) is 16.2. The summed E-state index contributed by atoms with van der Waals surface area (Å²) in [7, 11) is 1.63. The number of fused-ring (bicyclic) bond motifs is 1. The average molecular weight is 335 g/mol. The van der Waals surface area contributed by atoms with Gasteiger partial charge in [0.15, 0.2) is 16.6 Å². The van der Waals surface area contributed by atoms with Crippen LogP contribution in [0.25, 0.3) is 0 Å². The van der Waals surface area contributed by atoms with E-state index < -0.39 is 0 Å². The number of benzene rings is 1. The number of thioether (sulfide) groups is 1. The van der Waals surface area contributed by atoms with Crippen LogP contribution in [0.15, 0.2) is 18.2 Å². The lowest BCUT2D eigenvalue weighted by Gasteiger charge is -2.33. The molecule has 2 heterocycles. The fourth-order valence-corrected chi connectivity index (χ4v) is 3.94. The molecule has 5 nitrogen and oxygen atoms in total. The fourth-order valence-electron chi connectivity index (χ4n) is 3.25. The molecule has 23 heavy (non-hydrogen) atoms. The van der Waals surface area contributed by atoms with E-state index in [0.717, 1.165) is 29.2 Å². The third-order valence-corrected chi connectivity index (χ3v) is 5.40. The van der Waals surface area contributed by atoms with Gasteiger partial charge in [-0.2, -0.15) is 0 Å². The number of rotatable bonds is 4. The molecule has 0 aromatic heterocycles. The quantitative estimate of drug-likeness (QED) is 0.844. The summed E-state index contributed by atoms with van der Waals surface area (Å²) in [6.45, 7) is 2.77. The first-order valence-electron chi connectivity index (χ1n) is 7.80. The van der Waals surface area contributed by atoms with Crippen molar-refractivity contribution in [2.75, 3.05) is 26.0 Å². The van der Waals surface area contributed by atoms with Crippen molar-refractivity contribution in [3.8, 4) is 11.5 Å². The van der Waals surface area contributed by atoms with E-state index in [4.69, 9.17) is 9.47 Å². The molecule has 0 spiro atoms. The Morgan fingerprint density at radius 3 is 3.00 bits per heavy atom. The molecule has 2 aliphatic rings. The Labute approximate surface area is 140 Å². The summed E-state index contributed by atoms with van der Waals surface area (Å²) in [4.78, 5) is 25.3. The zero-order chi connectivity index (χ0) is 16.4. The second-order valence-electron chi connectivity index (χ2n) is 6.04. The van der Waals surface area contributed by atoms with Gasteiger partial charge in [0.1, 0.15) is 6.61 Å². The number of ether oxygens (including phenoxy) is 2. The van der Waals surface area contributed by atoms with Gasteiger partial charge in [-0.1, -0.05) is 23.9 Å². The molecule has 6 heteroatoms. The largest absolute Gasteiger partial charge is 0.493 e. The summed E-state index contributed by atoms with van der Waals surface area (Å²) in [5, 5.41) is 0.109. The minimum atomic E-state index is 0.0643. The van der Waals surface area contributed by atoms with Crippen LogP contribution in [0.1, 0.15) is 18.9 Å². The summed E-state index contributed by atoms with van der Waals surface area (Å²) >= 11 is 1.31. The maximum atomic E-state index is 12.3. The minimum Gasteiger partial charge on any atom is -0.493 e. The third kappa shape index (κ3) is 3.47. The maximum Gasteiger partial charge on any atom is 0.223 e. The molecule has 1 fully saturated rings. The summed E-state index contributed by atoms with van der Waals surface area (Å²) in [6, 6.07) is 5.92. The zero-order valence-corrected chi connectivity index (χ0v) is 14.2. The summed E-state index contributed by atoms with van der Waals surface area (Å²) < 4.78 is 11.2. The van der Waals surface area contributed by atoms with E-state index in [-0.39, 0.29) is 23.0 Å². The topological polar surface area (TPSA) is 55.8 Å². The maximum absolute atomic E-state index is 12.3. The number of likely N-dealkylation sites (tertiary alicyclic amines) is 1. The highest BCUT2D eigenvalue weighted by Gasteiger charge is 2.37. The molecule has 1 saturated heterocycles. The Kier molecular flexibility index (Phi) is 4.80. The van der Waals surface area contributed by atoms with E-state index in [1.54, 1.807) is 14.0 Å². The number of amides is 1. The lowest BCUT2D eigenvalue weighted by Crippen LogP contribution is -2.44. The van der Waals surface area contributed by atoms with Crippen molar-refractivity contribution in [1.82, 2.24) is 4.90 Å². The Bertz CT molecular complexity index is 619. The molecule has 2 aliphatic heterocycles. The Hall–Kier alpha value is -1.69. The van der Waals surface area contributed by atoms with Gasteiger partial charge in [0.25, 0.3) is 0 Å². The molecule has 0 saturated carbocycles. The van der Waals surface area contributed by atoms with Crippen LogP contribution >= 0.6 is 11.8 Å². The van der Waals surface area contributed by atoms with Crippen molar-refractivity contribution in [1.29, 1.82) is 0 Å².